The highest BCUT2D eigenvalue weighted by Crippen LogP contribution is 2.28. The number of rotatable bonds is 1. The third-order valence-electron chi connectivity index (χ3n) is 3.49. The van der Waals surface area contributed by atoms with Gasteiger partial charge in [-0.1, -0.05) is 0 Å². The van der Waals surface area contributed by atoms with Gasteiger partial charge in [-0.3, -0.25) is 4.79 Å². The molecule has 3 rings (SSSR count). The first-order chi connectivity index (χ1) is 7.25. The number of aryl methyl sites for hydroxylation is 1. The van der Waals surface area contributed by atoms with Crippen molar-refractivity contribution < 1.29 is 9.90 Å². The Hall–Kier alpha value is -1.32. The molecule has 1 aliphatic heterocycles. The summed E-state index contributed by atoms with van der Waals surface area (Å²) in [7, 11) is 0. The van der Waals surface area contributed by atoms with Crippen LogP contribution >= 0.6 is 0 Å². The summed E-state index contributed by atoms with van der Waals surface area (Å²) < 4.78 is 2.15. The maximum absolute atomic E-state index is 10.9. The molecule has 0 saturated heterocycles. The molecule has 2 aliphatic rings. The number of carboxylic acid groups (broad SMARTS) is 1. The van der Waals surface area contributed by atoms with Crippen molar-refractivity contribution in [3.05, 3.63) is 17.2 Å². The number of aliphatic carboxylic acids is 1. The van der Waals surface area contributed by atoms with E-state index >= 15 is 0 Å². The molecular formula is C11H14N2O2. The van der Waals surface area contributed by atoms with Gasteiger partial charge in [-0.2, -0.15) is 0 Å². The van der Waals surface area contributed by atoms with E-state index in [9.17, 15) is 4.79 Å². The second kappa shape index (κ2) is 3.08. The smallest absolute Gasteiger partial charge is 0.308 e. The molecule has 0 fully saturated rings. The molecule has 15 heavy (non-hydrogen) atoms. The van der Waals surface area contributed by atoms with E-state index in [0.29, 0.717) is 13.0 Å². The SMILES string of the molecule is O=C(O)C1Cc2nc3c(n2C1)CCCC3. The third-order valence-corrected chi connectivity index (χ3v) is 3.49. The summed E-state index contributed by atoms with van der Waals surface area (Å²) in [5, 5.41) is 8.97. The lowest BCUT2D eigenvalue weighted by Crippen LogP contribution is -2.17. The van der Waals surface area contributed by atoms with Crippen LogP contribution in [-0.4, -0.2) is 20.6 Å². The minimum atomic E-state index is -0.690. The molecule has 0 saturated carbocycles. The third kappa shape index (κ3) is 1.28. The maximum atomic E-state index is 10.9. The van der Waals surface area contributed by atoms with E-state index < -0.39 is 5.97 Å². The number of carbonyl (C=O) groups is 1. The minimum absolute atomic E-state index is 0.250. The molecule has 1 unspecified atom stereocenters. The standard InChI is InChI=1S/C11H14N2O2/c14-11(15)7-5-10-12-8-3-1-2-4-9(8)13(10)6-7/h7H,1-6H2,(H,14,15). The molecule has 1 aromatic heterocycles. The average molecular weight is 206 g/mol. The van der Waals surface area contributed by atoms with Crippen LogP contribution in [0.3, 0.4) is 0 Å². The monoisotopic (exact) mass is 206 g/mol. The number of carboxylic acids is 1. The lowest BCUT2D eigenvalue weighted by Gasteiger charge is -2.13. The highest BCUT2D eigenvalue weighted by Gasteiger charge is 2.32. The first kappa shape index (κ1) is 8.95. The number of aromatic nitrogens is 2. The van der Waals surface area contributed by atoms with Gasteiger partial charge in [-0.15, -0.1) is 0 Å². The Morgan fingerprint density at radius 1 is 1.40 bits per heavy atom. The predicted molar refractivity (Wildman–Crippen MR) is 53.7 cm³/mol. The highest BCUT2D eigenvalue weighted by atomic mass is 16.4. The first-order valence-electron chi connectivity index (χ1n) is 5.55. The van der Waals surface area contributed by atoms with Crippen LogP contribution in [0, 0.1) is 5.92 Å². The molecule has 1 aromatic rings. The molecular weight excluding hydrogens is 192 g/mol. The van der Waals surface area contributed by atoms with E-state index in [1.54, 1.807) is 0 Å². The van der Waals surface area contributed by atoms with Crippen molar-refractivity contribution in [1.82, 2.24) is 9.55 Å². The van der Waals surface area contributed by atoms with Gasteiger partial charge < -0.3 is 9.67 Å². The molecule has 0 radical (unpaired) electrons. The number of nitrogens with zero attached hydrogens (tertiary/aromatic N) is 2. The number of hydrogen-bond acceptors (Lipinski definition) is 2. The van der Waals surface area contributed by atoms with Crippen molar-refractivity contribution in [3.8, 4) is 0 Å². The number of imidazole rings is 1. The quantitative estimate of drug-likeness (QED) is 0.746. The van der Waals surface area contributed by atoms with Gasteiger partial charge >= 0.3 is 5.97 Å². The summed E-state index contributed by atoms with van der Waals surface area (Å²) >= 11 is 0. The largest absolute Gasteiger partial charge is 0.481 e. The Balaban J connectivity index is 1.95. The maximum Gasteiger partial charge on any atom is 0.308 e. The Kier molecular flexibility index (Phi) is 1.84. The molecule has 4 nitrogen and oxygen atoms in total. The summed E-state index contributed by atoms with van der Waals surface area (Å²) in [6.07, 6.45) is 5.21. The van der Waals surface area contributed by atoms with Gasteiger partial charge in [-0.05, 0) is 25.7 Å². The summed E-state index contributed by atoms with van der Waals surface area (Å²) in [5.74, 6) is 0.0547. The van der Waals surface area contributed by atoms with Crippen molar-refractivity contribution in [2.45, 2.75) is 38.6 Å². The Labute approximate surface area is 87.9 Å². The average Bonchev–Trinajstić information content (AvgIpc) is 2.73. The van der Waals surface area contributed by atoms with E-state index in [4.69, 9.17) is 5.11 Å². The fraction of sp³-hybridized carbons (Fsp3) is 0.636. The van der Waals surface area contributed by atoms with Gasteiger partial charge in [0.2, 0.25) is 0 Å². The fourth-order valence-electron chi connectivity index (χ4n) is 2.70. The second-order valence-corrected chi connectivity index (χ2v) is 4.48. The van der Waals surface area contributed by atoms with Crippen LogP contribution in [0.25, 0.3) is 0 Å². The molecule has 1 aliphatic carbocycles. The summed E-state index contributed by atoms with van der Waals surface area (Å²) in [5.41, 5.74) is 2.53. The van der Waals surface area contributed by atoms with Gasteiger partial charge in [0.25, 0.3) is 0 Å². The number of fused-ring (bicyclic) bond motifs is 3. The van der Waals surface area contributed by atoms with E-state index in [2.05, 4.69) is 9.55 Å². The Morgan fingerprint density at radius 2 is 2.20 bits per heavy atom. The van der Waals surface area contributed by atoms with Crippen LogP contribution < -0.4 is 0 Å². The summed E-state index contributed by atoms with van der Waals surface area (Å²) in [6.45, 7) is 0.632. The molecule has 0 bridgehead atoms. The van der Waals surface area contributed by atoms with Crippen molar-refractivity contribution in [1.29, 1.82) is 0 Å². The molecule has 80 valence electrons. The van der Waals surface area contributed by atoms with Gasteiger partial charge in [0.05, 0.1) is 11.6 Å². The van der Waals surface area contributed by atoms with E-state index in [1.807, 2.05) is 0 Å². The molecule has 1 atom stereocenters. The lowest BCUT2D eigenvalue weighted by molar-refractivity contribution is -0.141. The van der Waals surface area contributed by atoms with E-state index in [0.717, 1.165) is 18.7 Å². The fourth-order valence-corrected chi connectivity index (χ4v) is 2.70. The van der Waals surface area contributed by atoms with Gasteiger partial charge in [0.1, 0.15) is 5.82 Å². The topological polar surface area (TPSA) is 55.1 Å². The molecule has 0 amide bonds. The molecule has 4 heteroatoms. The normalized spacial score (nSPS) is 23.6. The molecule has 1 N–H and O–H groups in total. The van der Waals surface area contributed by atoms with Crippen LogP contribution in [-0.2, 0) is 30.6 Å². The van der Waals surface area contributed by atoms with Crippen LogP contribution in [0.15, 0.2) is 0 Å². The highest BCUT2D eigenvalue weighted by molar-refractivity contribution is 5.70. The zero-order valence-electron chi connectivity index (χ0n) is 8.57. The van der Waals surface area contributed by atoms with Gasteiger partial charge in [-0.25, -0.2) is 4.98 Å². The second-order valence-electron chi connectivity index (χ2n) is 4.48. The molecule has 0 spiro atoms. The van der Waals surface area contributed by atoms with Crippen molar-refractivity contribution in [2.75, 3.05) is 0 Å². The van der Waals surface area contributed by atoms with Gasteiger partial charge in [0, 0.05) is 18.7 Å². The zero-order chi connectivity index (χ0) is 10.4. The van der Waals surface area contributed by atoms with Crippen LogP contribution in [0.2, 0.25) is 0 Å². The van der Waals surface area contributed by atoms with E-state index in [-0.39, 0.29) is 5.92 Å². The predicted octanol–water partition coefficient (Wildman–Crippen LogP) is 1.02. The molecule has 2 heterocycles. The zero-order valence-corrected chi connectivity index (χ0v) is 8.57. The first-order valence-corrected chi connectivity index (χ1v) is 5.55. The summed E-state index contributed by atoms with van der Waals surface area (Å²) in [4.78, 5) is 15.5. The number of hydrogen-bond donors (Lipinski definition) is 1. The van der Waals surface area contributed by atoms with Crippen molar-refractivity contribution in [3.63, 3.8) is 0 Å². The minimum Gasteiger partial charge on any atom is -0.481 e. The van der Waals surface area contributed by atoms with Crippen molar-refractivity contribution in [2.24, 2.45) is 5.92 Å². The van der Waals surface area contributed by atoms with Crippen LogP contribution in [0.1, 0.15) is 30.1 Å². The van der Waals surface area contributed by atoms with E-state index in [1.165, 1.54) is 24.2 Å². The van der Waals surface area contributed by atoms with Crippen LogP contribution in [0.4, 0.5) is 0 Å². The Bertz CT molecular complexity index is 422. The molecule has 0 aromatic carbocycles. The lowest BCUT2D eigenvalue weighted by atomic mass is 10.0. The summed E-state index contributed by atoms with van der Waals surface area (Å²) in [6, 6.07) is 0. The Morgan fingerprint density at radius 3 is 3.00 bits per heavy atom. The van der Waals surface area contributed by atoms with Crippen LogP contribution in [0.5, 0.6) is 0 Å². The van der Waals surface area contributed by atoms with Crippen molar-refractivity contribution >= 4 is 5.97 Å². The van der Waals surface area contributed by atoms with Gasteiger partial charge in [0.15, 0.2) is 0 Å².